The number of nitrogens with zero attached hydrogens (tertiary/aromatic N) is 3. The molecule has 42 heavy (non-hydrogen) atoms. The Labute approximate surface area is 248 Å². The van der Waals surface area contributed by atoms with Crippen molar-refractivity contribution in [2.75, 3.05) is 5.75 Å². The maximum Gasteiger partial charge on any atom is 0.277 e. The predicted molar refractivity (Wildman–Crippen MR) is 157 cm³/mol. The van der Waals surface area contributed by atoms with Crippen LogP contribution < -0.4 is 10.1 Å². The third-order valence-electron chi connectivity index (χ3n) is 7.09. The fourth-order valence-corrected chi connectivity index (χ4v) is 5.64. The summed E-state index contributed by atoms with van der Waals surface area (Å²) in [6.07, 6.45) is 5.06. The molecular weight excluding hydrogens is 555 g/mol. The lowest BCUT2D eigenvalue weighted by Crippen LogP contribution is -2.47. The maximum absolute atomic E-state index is 13.9. The van der Waals surface area contributed by atoms with Crippen molar-refractivity contribution in [1.29, 1.82) is 0 Å². The molecule has 2 amide bonds. The van der Waals surface area contributed by atoms with E-state index in [0.29, 0.717) is 11.3 Å². The molecule has 1 aliphatic rings. The molecule has 1 aliphatic carbocycles. The molecule has 1 fully saturated rings. The Balaban J connectivity index is 1.33. The minimum atomic E-state index is -0.946. The topological polar surface area (TPSA) is 97.6 Å². The van der Waals surface area contributed by atoms with Gasteiger partial charge in [0.05, 0.1) is 5.75 Å². The molecule has 4 aromatic rings. The number of aromatic nitrogens is 2. The Hall–Kier alpha value is -4.18. The Bertz CT molecular complexity index is 1430. The number of para-hydroxylation sites is 1. The van der Waals surface area contributed by atoms with Gasteiger partial charge < -0.3 is 19.4 Å². The fourth-order valence-electron chi connectivity index (χ4n) is 4.97. The first-order valence-electron chi connectivity index (χ1n) is 14.1. The molecule has 1 heterocycles. The number of amides is 2. The van der Waals surface area contributed by atoms with E-state index in [1.807, 2.05) is 60.7 Å². The van der Waals surface area contributed by atoms with E-state index in [2.05, 4.69) is 15.5 Å². The second kappa shape index (κ2) is 14.6. The summed E-state index contributed by atoms with van der Waals surface area (Å²) >= 11 is 1.09. The van der Waals surface area contributed by atoms with E-state index in [0.717, 1.165) is 49.4 Å². The number of hydrogen-bond acceptors (Lipinski definition) is 7. The van der Waals surface area contributed by atoms with E-state index >= 15 is 0 Å². The van der Waals surface area contributed by atoms with E-state index in [1.165, 1.54) is 12.1 Å². The van der Waals surface area contributed by atoms with Gasteiger partial charge in [0.1, 0.15) is 17.6 Å². The molecular formula is C32H33FN4O4S. The summed E-state index contributed by atoms with van der Waals surface area (Å²) in [6.45, 7) is 0.292. The van der Waals surface area contributed by atoms with Gasteiger partial charge in [-0.05, 0) is 48.2 Å². The highest BCUT2D eigenvalue weighted by molar-refractivity contribution is 7.99. The number of benzene rings is 3. The zero-order chi connectivity index (χ0) is 29.1. The van der Waals surface area contributed by atoms with Gasteiger partial charge in [-0.2, -0.15) is 0 Å². The van der Waals surface area contributed by atoms with E-state index in [4.69, 9.17) is 9.15 Å². The number of carbonyl (C=O) groups is 2. The number of nitrogens with one attached hydrogen (secondary N) is 1. The Morgan fingerprint density at radius 1 is 0.952 bits per heavy atom. The van der Waals surface area contributed by atoms with Crippen LogP contribution in [-0.4, -0.2) is 38.7 Å². The number of carbonyl (C=O) groups excluding carboxylic acids is 2. The minimum absolute atomic E-state index is 0.0393. The summed E-state index contributed by atoms with van der Waals surface area (Å²) in [6, 6.07) is 23.6. The van der Waals surface area contributed by atoms with Gasteiger partial charge in [0.25, 0.3) is 11.1 Å². The molecule has 0 radical (unpaired) electrons. The van der Waals surface area contributed by atoms with E-state index in [1.54, 1.807) is 17.0 Å². The van der Waals surface area contributed by atoms with E-state index in [9.17, 15) is 14.0 Å². The largest absolute Gasteiger partial charge is 0.484 e. The van der Waals surface area contributed by atoms with Gasteiger partial charge in [0.2, 0.25) is 11.8 Å². The molecule has 8 nitrogen and oxygen atoms in total. The summed E-state index contributed by atoms with van der Waals surface area (Å²) in [4.78, 5) is 29.2. The van der Waals surface area contributed by atoms with Crippen molar-refractivity contribution < 1.29 is 23.1 Å². The lowest BCUT2D eigenvalue weighted by Gasteiger charge is -2.33. The molecule has 0 unspecified atom stereocenters. The second-order valence-electron chi connectivity index (χ2n) is 10.2. The van der Waals surface area contributed by atoms with Crippen LogP contribution >= 0.6 is 11.8 Å². The van der Waals surface area contributed by atoms with Crippen LogP contribution in [0.1, 0.15) is 55.2 Å². The summed E-state index contributed by atoms with van der Waals surface area (Å²) in [5.41, 5.74) is 1.41. The molecule has 0 bridgehead atoms. The van der Waals surface area contributed by atoms with Crippen LogP contribution in [0.5, 0.6) is 5.75 Å². The van der Waals surface area contributed by atoms with Crippen LogP contribution in [0.3, 0.4) is 0 Å². The number of rotatable bonds is 12. The molecule has 1 aromatic heterocycles. The first-order valence-corrected chi connectivity index (χ1v) is 15.1. The Kier molecular flexibility index (Phi) is 10.2. The summed E-state index contributed by atoms with van der Waals surface area (Å²) in [5, 5.41) is 11.5. The molecule has 3 aromatic carbocycles. The summed E-state index contributed by atoms with van der Waals surface area (Å²) in [7, 11) is 0. The highest BCUT2D eigenvalue weighted by Crippen LogP contribution is 2.28. The van der Waals surface area contributed by atoms with Crippen LogP contribution in [0.2, 0.25) is 0 Å². The highest BCUT2D eigenvalue weighted by Gasteiger charge is 2.33. The van der Waals surface area contributed by atoms with Crippen molar-refractivity contribution >= 4 is 23.6 Å². The number of thioether (sulfide) groups is 1. The van der Waals surface area contributed by atoms with Crippen molar-refractivity contribution in [3.63, 3.8) is 0 Å². The smallest absolute Gasteiger partial charge is 0.277 e. The molecule has 1 saturated carbocycles. The zero-order valence-electron chi connectivity index (χ0n) is 23.2. The van der Waals surface area contributed by atoms with Crippen LogP contribution in [0.4, 0.5) is 4.39 Å². The van der Waals surface area contributed by atoms with Gasteiger partial charge in [-0.15, -0.1) is 10.2 Å². The number of halogens is 1. The van der Waals surface area contributed by atoms with Crippen molar-refractivity contribution in [2.45, 2.75) is 62.6 Å². The maximum atomic E-state index is 13.9. The lowest BCUT2D eigenvalue weighted by molar-refractivity contribution is -0.140. The van der Waals surface area contributed by atoms with Gasteiger partial charge in [-0.3, -0.25) is 9.59 Å². The van der Waals surface area contributed by atoms with Crippen molar-refractivity contribution in [1.82, 2.24) is 20.4 Å². The van der Waals surface area contributed by atoms with Crippen molar-refractivity contribution in [3.05, 3.63) is 108 Å². The summed E-state index contributed by atoms with van der Waals surface area (Å²) < 4.78 is 25.2. The molecule has 5 rings (SSSR count). The van der Waals surface area contributed by atoms with Gasteiger partial charge in [0, 0.05) is 12.6 Å². The van der Waals surface area contributed by atoms with Crippen molar-refractivity contribution in [3.8, 4) is 5.75 Å². The average Bonchev–Trinajstić information content (AvgIpc) is 3.49. The molecule has 0 aliphatic heterocycles. The van der Waals surface area contributed by atoms with Crippen LogP contribution in [0.25, 0.3) is 0 Å². The van der Waals surface area contributed by atoms with E-state index in [-0.39, 0.29) is 47.9 Å². The second-order valence-corrected chi connectivity index (χ2v) is 11.1. The molecule has 10 heteroatoms. The average molecular weight is 589 g/mol. The highest BCUT2D eigenvalue weighted by atomic mass is 32.2. The van der Waals surface area contributed by atoms with Gasteiger partial charge >= 0.3 is 0 Å². The number of hydrogen-bond donors (Lipinski definition) is 1. The van der Waals surface area contributed by atoms with Crippen LogP contribution in [-0.2, 0) is 22.7 Å². The Morgan fingerprint density at radius 2 is 1.64 bits per heavy atom. The number of ether oxygens (including phenoxy) is 1. The minimum Gasteiger partial charge on any atom is -0.484 e. The standard InChI is InChI=1S/C32H33FN4O4S/c33-25-18-16-24(17-19-25)30(31(39)34-26-12-6-2-7-13-26)37(20-23-10-4-1-5-11-23)29(38)22-42-32-36-35-28(41-32)21-40-27-14-8-3-9-15-27/h1,3-5,8-11,14-19,26,30H,2,6-7,12-13,20-22H2,(H,34,39)/t30-/m0/s1. The van der Waals surface area contributed by atoms with E-state index < -0.39 is 11.9 Å². The first kappa shape index (κ1) is 29.3. The third-order valence-corrected chi connectivity index (χ3v) is 7.89. The molecule has 0 saturated heterocycles. The van der Waals surface area contributed by atoms with Crippen LogP contribution in [0.15, 0.2) is 94.6 Å². The molecule has 1 N–H and O–H groups in total. The SMILES string of the molecule is O=C(NC1CCCCC1)[C@H](c1ccc(F)cc1)N(Cc1ccccc1)C(=O)CSc1nnc(COc2ccccc2)o1. The Morgan fingerprint density at radius 3 is 2.36 bits per heavy atom. The first-order chi connectivity index (χ1) is 20.5. The normalized spacial score (nSPS) is 14.2. The van der Waals surface area contributed by atoms with Crippen molar-refractivity contribution in [2.24, 2.45) is 0 Å². The zero-order valence-corrected chi connectivity index (χ0v) is 24.0. The van der Waals surface area contributed by atoms with Gasteiger partial charge in [-0.1, -0.05) is 91.7 Å². The molecule has 0 spiro atoms. The predicted octanol–water partition coefficient (Wildman–Crippen LogP) is 6.10. The fraction of sp³-hybridized carbons (Fsp3) is 0.312. The quantitative estimate of drug-likeness (QED) is 0.200. The van der Waals surface area contributed by atoms with Gasteiger partial charge in [-0.25, -0.2) is 4.39 Å². The molecule has 1 atom stereocenters. The molecule has 218 valence electrons. The lowest BCUT2D eigenvalue weighted by atomic mass is 9.94. The monoisotopic (exact) mass is 588 g/mol. The summed E-state index contributed by atoms with van der Waals surface area (Å²) in [5.74, 6) is -0.0631. The van der Waals surface area contributed by atoms with Gasteiger partial charge in [0.15, 0.2) is 6.61 Å². The van der Waals surface area contributed by atoms with Crippen LogP contribution in [0, 0.1) is 5.82 Å². The third kappa shape index (κ3) is 8.19.